The fourth-order valence-corrected chi connectivity index (χ4v) is 1.19. The van der Waals surface area contributed by atoms with E-state index in [2.05, 4.69) is 12.2 Å². The van der Waals surface area contributed by atoms with Crippen LogP contribution in [0.4, 0.5) is 0 Å². The summed E-state index contributed by atoms with van der Waals surface area (Å²) >= 11 is 0. The average Bonchev–Trinajstić information content (AvgIpc) is 2.03. The molecule has 0 unspecified atom stereocenters. The molecule has 0 aromatic carbocycles. The van der Waals surface area contributed by atoms with E-state index in [-0.39, 0.29) is 0 Å². The van der Waals surface area contributed by atoms with Crippen LogP contribution in [0.25, 0.3) is 0 Å². The molecule has 0 aromatic heterocycles. The summed E-state index contributed by atoms with van der Waals surface area (Å²) < 4.78 is 0. The maximum atomic E-state index is 9.94. The van der Waals surface area contributed by atoms with Crippen LogP contribution in [-0.2, 0) is 4.79 Å². The Balaban J connectivity index is 2.34. The maximum absolute atomic E-state index is 9.94. The Bertz CT molecular complexity index is 156. The molecular weight excluding hydrogens is 124 g/mol. The van der Waals surface area contributed by atoms with Gasteiger partial charge < -0.3 is 0 Å². The number of hydrogen-bond donors (Lipinski definition) is 0. The number of aldehydes is 1. The third-order valence-electron chi connectivity index (χ3n) is 1.77. The topological polar surface area (TPSA) is 17.1 Å². The lowest BCUT2D eigenvalue weighted by Crippen LogP contribution is -1.97. The van der Waals surface area contributed by atoms with E-state index in [1.54, 1.807) is 6.08 Å². The fraction of sp³-hybridized carbons (Fsp3) is 0.444. The van der Waals surface area contributed by atoms with Crippen molar-refractivity contribution >= 4 is 6.29 Å². The molecule has 10 heavy (non-hydrogen) atoms. The largest absolute Gasteiger partial charge is 0.299 e. The molecule has 1 heteroatoms. The van der Waals surface area contributed by atoms with Gasteiger partial charge in [0.1, 0.15) is 6.29 Å². The zero-order valence-corrected chi connectivity index (χ0v) is 5.99. The van der Waals surface area contributed by atoms with E-state index in [1.807, 2.05) is 6.08 Å². The SMILES string of the molecule is O=C/C=C\[C@@H]1CC=CCC1. The number of allylic oxidation sites excluding steroid dienone is 4. The first-order valence-corrected chi connectivity index (χ1v) is 3.70. The number of carbonyl (C=O) groups excluding carboxylic acids is 1. The Morgan fingerprint density at radius 3 is 2.90 bits per heavy atom. The second-order valence-corrected chi connectivity index (χ2v) is 2.57. The molecule has 1 atom stereocenters. The highest BCUT2D eigenvalue weighted by atomic mass is 16.1. The summed E-state index contributed by atoms with van der Waals surface area (Å²) in [5.41, 5.74) is 0. The van der Waals surface area contributed by atoms with Gasteiger partial charge in [-0.2, -0.15) is 0 Å². The van der Waals surface area contributed by atoms with Crippen molar-refractivity contribution in [3.63, 3.8) is 0 Å². The van der Waals surface area contributed by atoms with Crippen LogP contribution in [0.1, 0.15) is 19.3 Å². The Kier molecular flexibility index (Phi) is 2.94. The zero-order valence-electron chi connectivity index (χ0n) is 5.99. The molecule has 0 saturated heterocycles. The normalized spacial score (nSPS) is 25.4. The van der Waals surface area contributed by atoms with Gasteiger partial charge in [0.2, 0.25) is 0 Å². The Hall–Kier alpha value is -0.850. The summed E-state index contributed by atoms with van der Waals surface area (Å²) in [6.45, 7) is 0. The van der Waals surface area contributed by atoms with Gasteiger partial charge >= 0.3 is 0 Å². The third kappa shape index (κ3) is 2.18. The lowest BCUT2D eigenvalue weighted by atomic mass is 9.94. The Labute approximate surface area is 61.4 Å². The minimum atomic E-state index is 0.607. The van der Waals surface area contributed by atoms with Gasteiger partial charge in [-0.05, 0) is 31.3 Å². The first-order valence-electron chi connectivity index (χ1n) is 3.70. The van der Waals surface area contributed by atoms with Gasteiger partial charge in [0.05, 0.1) is 0 Å². The second kappa shape index (κ2) is 4.04. The van der Waals surface area contributed by atoms with Gasteiger partial charge in [0.25, 0.3) is 0 Å². The van der Waals surface area contributed by atoms with Gasteiger partial charge in [-0.3, -0.25) is 4.79 Å². The lowest BCUT2D eigenvalue weighted by molar-refractivity contribution is -0.104. The average molecular weight is 136 g/mol. The van der Waals surface area contributed by atoms with Crippen LogP contribution in [0, 0.1) is 5.92 Å². The van der Waals surface area contributed by atoms with Crippen LogP contribution in [0.15, 0.2) is 24.3 Å². The van der Waals surface area contributed by atoms with Crippen molar-refractivity contribution < 1.29 is 4.79 Å². The second-order valence-electron chi connectivity index (χ2n) is 2.57. The van der Waals surface area contributed by atoms with Gasteiger partial charge in [0.15, 0.2) is 0 Å². The molecule has 0 saturated carbocycles. The monoisotopic (exact) mass is 136 g/mol. The maximum Gasteiger partial charge on any atom is 0.142 e. The van der Waals surface area contributed by atoms with Crippen LogP contribution in [0.2, 0.25) is 0 Å². The molecule has 0 heterocycles. The van der Waals surface area contributed by atoms with E-state index in [9.17, 15) is 4.79 Å². The van der Waals surface area contributed by atoms with Gasteiger partial charge in [-0.25, -0.2) is 0 Å². The van der Waals surface area contributed by atoms with Crippen molar-refractivity contribution in [2.24, 2.45) is 5.92 Å². The van der Waals surface area contributed by atoms with Crippen molar-refractivity contribution in [2.75, 3.05) is 0 Å². The third-order valence-corrected chi connectivity index (χ3v) is 1.77. The molecular formula is C9H12O. The molecule has 0 amide bonds. The number of hydrogen-bond acceptors (Lipinski definition) is 1. The quantitative estimate of drug-likeness (QED) is 0.323. The van der Waals surface area contributed by atoms with Crippen molar-refractivity contribution in [3.05, 3.63) is 24.3 Å². The number of rotatable bonds is 2. The van der Waals surface area contributed by atoms with Crippen LogP contribution >= 0.6 is 0 Å². The van der Waals surface area contributed by atoms with Gasteiger partial charge in [0, 0.05) is 0 Å². The zero-order chi connectivity index (χ0) is 7.23. The highest BCUT2D eigenvalue weighted by molar-refractivity contribution is 5.64. The van der Waals surface area contributed by atoms with Gasteiger partial charge in [-0.1, -0.05) is 18.2 Å². The van der Waals surface area contributed by atoms with E-state index < -0.39 is 0 Å². The van der Waals surface area contributed by atoms with Crippen LogP contribution < -0.4 is 0 Å². The summed E-state index contributed by atoms with van der Waals surface area (Å²) in [7, 11) is 0. The lowest BCUT2D eigenvalue weighted by Gasteiger charge is -2.11. The van der Waals surface area contributed by atoms with Crippen LogP contribution in [0.3, 0.4) is 0 Å². The Morgan fingerprint density at radius 2 is 2.30 bits per heavy atom. The molecule has 0 fully saturated rings. The van der Waals surface area contributed by atoms with Crippen molar-refractivity contribution in [1.82, 2.24) is 0 Å². The molecule has 0 N–H and O–H groups in total. The summed E-state index contributed by atoms with van der Waals surface area (Å²) in [6, 6.07) is 0. The molecule has 0 radical (unpaired) electrons. The van der Waals surface area contributed by atoms with E-state index >= 15 is 0 Å². The predicted molar refractivity (Wildman–Crippen MR) is 41.7 cm³/mol. The summed E-state index contributed by atoms with van der Waals surface area (Å²) in [6.07, 6.45) is 12.3. The summed E-state index contributed by atoms with van der Waals surface area (Å²) in [4.78, 5) is 9.94. The molecule has 0 aliphatic heterocycles. The predicted octanol–water partition coefficient (Wildman–Crippen LogP) is 2.10. The summed E-state index contributed by atoms with van der Waals surface area (Å²) in [5.74, 6) is 0.607. The highest BCUT2D eigenvalue weighted by Crippen LogP contribution is 2.18. The van der Waals surface area contributed by atoms with Crippen molar-refractivity contribution in [2.45, 2.75) is 19.3 Å². The highest BCUT2D eigenvalue weighted by Gasteiger charge is 2.04. The van der Waals surface area contributed by atoms with E-state index in [0.717, 1.165) is 19.1 Å². The molecule has 1 nitrogen and oxygen atoms in total. The van der Waals surface area contributed by atoms with E-state index in [1.165, 1.54) is 6.42 Å². The van der Waals surface area contributed by atoms with E-state index in [0.29, 0.717) is 5.92 Å². The first-order chi connectivity index (χ1) is 4.93. The Morgan fingerprint density at radius 1 is 1.40 bits per heavy atom. The standard InChI is InChI=1S/C9H12O/c10-8-4-7-9-5-2-1-3-6-9/h1-2,4,7-9H,3,5-6H2/b7-4-/t9-/m1/s1. The summed E-state index contributed by atoms with van der Waals surface area (Å²) in [5, 5.41) is 0. The molecule has 1 aliphatic carbocycles. The molecule has 0 spiro atoms. The number of carbonyl (C=O) groups is 1. The molecule has 0 bridgehead atoms. The molecule has 54 valence electrons. The van der Waals surface area contributed by atoms with Crippen molar-refractivity contribution in [3.8, 4) is 0 Å². The van der Waals surface area contributed by atoms with Gasteiger partial charge in [-0.15, -0.1) is 0 Å². The van der Waals surface area contributed by atoms with Crippen LogP contribution in [0.5, 0.6) is 0 Å². The molecule has 1 rings (SSSR count). The minimum absolute atomic E-state index is 0.607. The smallest absolute Gasteiger partial charge is 0.142 e. The van der Waals surface area contributed by atoms with Crippen LogP contribution in [-0.4, -0.2) is 6.29 Å². The molecule has 0 aromatic rings. The minimum Gasteiger partial charge on any atom is -0.299 e. The first kappa shape index (κ1) is 7.26. The molecule has 1 aliphatic rings. The van der Waals surface area contributed by atoms with Crippen molar-refractivity contribution in [1.29, 1.82) is 0 Å². The van der Waals surface area contributed by atoms with E-state index in [4.69, 9.17) is 0 Å². The fourth-order valence-electron chi connectivity index (χ4n) is 1.19.